The second kappa shape index (κ2) is 7.36. The molecule has 0 bridgehead atoms. The Bertz CT molecular complexity index is 829. The lowest BCUT2D eigenvalue weighted by Crippen LogP contribution is -2.28. The molecule has 9 nitrogen and oxygen atoms in total. The highest BCUT2D eigenvalue weighted by Gasteiger charge is 2.35. The minimum atomic E-state index is -0.454. The van der Waals surface area contributed by atoms with Crippen LogP contribution in [0.4, 0.5) is 11.6 Å². The molecule has 2 fully saturated rings. The van der Waals surface area contributed by atoms with E-state index in [0.29, 0.717) is 24.7 Å². The van der Waals surface area contributed by atoms with Crippen molar-refractivity contribution in [1.29, 1.82) is 0 Å². The van der Waals surface area contributed by atoms with E-state index in [0.717, 1.165) is 18.5 Å². The van der Waals surface area contributed by atoms with Gasteiger partial charge in [0.25, 0.3) is 0 Å². The molecule has 142 valence electrons. The number of carbonyl (C=O) groups excluding carboxylic acids is 2. The number of rotatable bonds is 5. The van der Waals surface area contributed by atoms with Gasteiger partial charge in [-0.05, 0) is 37.1 Å². The Morgan fingerprint density at radius 3 is 2.89 bits per heavy atom. The zero-order valence-corrected chi connectivity index (χ0v) is 15.0. The summed E-state index contributed by atoms with van der Waals surface area (Å²) in [5.41, 5.74) is 0.745. The smallest absolute Gasteiger partial charge is 0.248 e. The van der Waals surface area contributed by atoms with E-state index in [1.807, 2.05) is 0 Å². The summed E-state index contributed by atoms with van der Waals surface area (Å²) in [7, 11) is 1.59. The number of carbonyl (C=O) groups is 2. The minimum absolute atomic E-state index is 0.0876. The number of aromatic amines is 1. The Balaban J connectivity index is 1.38. The Morgan fingerprint density at radius 1 is 1.37 bits per heavy atom. The molecule has 2 amide bonds. The van der Waals surface area contributed by atoms with Gasteiger partial charge in [-0.1, -0.05) is 0 Å². The SMILES string of the molecule is COc1ccc(N2C[C@@H](C(=O)Nc3n[nH]c([C@H]4CCCO4)n3)CC2=O)cc1. The second-order valence-electron chi connectivity index (χ2n) is 6.64. The van der Waals surface area contributed by atoms with E-state index in [4.69, 9.17) is 9.47 Å². The molecule has 0 radical (unpaired) electrons. The van der Waals surface area contributed by atoms with Gasteiger partial charge in [-0.2, -0.15) is 4.98 Å². The normalized spacial score (nSPS) is 22.3. The van der Waals surface area contributed by atoms with Crippen molar-refractivity contribution in [3.63, 3.8) is 0 Å². The number of nitrogens with zero attached hydrogens (tertiary/aromatic N) is 3. The van der Waals surface area contributed by atoms with Gasteiger partial charge in [-0.25, -0.2) is 0 Å². The van der Waals surface area contributed by atoms with Crippen molar-refractivity contribution in [3.8, 4) is 5.75 Å². The maximum Gasteiger partial charge on any atom is 0.248 e. The Kier molecular flexibility index (Phi) is 4.76. The number of anilines is 2. The Morgan fingerprint density at radius 2 is 2.19 bits per heavy atom. The highest BCUT2D eigenvalue weighted by Crippen LogP contribution is 2.28. The van der Waals surface area contributed by atoms with Crippen LogP contribution >= 0.6 is 0 Å². The molecule has 4 rings (SSSR count). The van der Waals surface area contributed by atoms with Crippen LogP contribution in [0.1, 0.15) is 31.2 Å². The van der Waals surface area contributed by atoms with Crippen LogP contribution in [0.25, 0.3) is 0 Å². The first-order valence-electron chi connectivity index (χ1n) is 8.93. The van der Waals surface area contributed by atoms with Crippen molar-refractivity contribution in [2.24, 2.45) is 5.92 Å². The number of amides is 2. The largest absolute Gasteiger partial charge is 0.497 e. The van der Waals surface area contributed by atoms with E-state index in [1.54, 1.807) is 36.3 Å². The molecule has 2 saturated heterocycles. The molecule has 2 aliphatic heterocycles. The van der Waals surface area contributed by atoms with Gasteiger partial charge >= 0.3 is 0 Å². The zero-order valence-electron chi connectivity index (χ0n) is 15.0. The molecule has 9 heteroatoms. The monoisotopic (exact) mass is 371 g/mol. The molecular formula is C18H21N5O4. The van der Waals surface area contributed by atoms with Crippen LogP contribution in [0, 0.1) is 5.92 Å². The van der Waals surface area contributed by atoms with E-state index >= 15 is 0 Å². The number of methoxy groups -OCH3 is 1. The first-order valence-corrected chi connectivity index (χ1v) is 8.93. The highest BCUT2D eigenvalue weighted by molar-refractivity contribution is 6.03. The van der Waals surface area contributed by atoms with E-state index in [1.165, 1.54) is 0 Å². The maximum absolute atomic E-state index is 12.5. The van der Waals surface area contributed by atoms with E-state index in [9.17, 15) is 9.59 Å². The number of aromatic nitrogens is 3. The Labute approximate surface area is 156 Å². The number of hydrogen-bond donors (Lipinski definition) is 2. The molecule has 0 unspecified atom stereocenters. The van der Waals surface area contributed by atoms with Gasteiger partial charge in [0.1, 0.15) is 11.9 Å². The van der Waals surface area contributed by atoms with Crippen LogP contribution in [-0.4, -0.2) is 47.3 Å². The van der Waals surface area contributed by atoms with Gasteiger partial charge in [-0.15, -0.1) is 5.10 Å². The first kappa shape index (κ1) is 17.5. The fourth-order valence-corrected chi connectivity index (χ4v) is 3.37. The molecule has 2 aromatic rings. The quantitative estimate of drug-likeness (QED) is 0.827. The molecular weight excluding hydrogens is 350 g/mol. The fourth-order valence-electron chi connectivity index (χ4n) is 3.37. The second-order valence-corrected chi connectivity index (χ2v) is 6.64. The maximum atomic E-state index is 12.5. The lowest BCUT2D eigenvalue weighted by atomic mass is 10.1. The number of H-pyrrole nitrogens is 1. The molecule has 0 saturated carbocycles. The van der Waals surface area contributed by atoms with Gasteiger partial charge < -0.3 is 14.4 Å². The van der Waals surface area contributed by atoms with Gasteiger partial charge in [0.2, 0.25) is 17.8 Å². The molecule has 2 aliphatic rings. The summed E-state index contributed by atoms with van der Waals surface area (Å²) in [6, 6.07) is 7.19. The summed E-state index contributed by atoms with van der Waals surface area (Å²) in [5.74, 6) is 0.731. The molecule has 1 aromatic carbocycles. The number of ether oxygens (including phenoxy) is 2. The minimum Gasteiger partial charge on any atom is -0.497 e. The van der Waals surface area contributed by atoms with Crippen LogP contribution in [0.5, 0.6) is 5.75 Å². The van der Waals surface area contributed by atoms with E-state index in [2.05, 4.69) is 20.5 Å². The van der Waals surface area contributed by atoms with Crippen molar-refractivity contribution < 1.29 is 19.1 Å². The van der Waals surface area contributed by atoms with Gasteiger partial charge in [0.05, 0.1) is 13.0 Å². The summed E-state index contributed by atoms with van der Waals surface area (Å²) in [5, 5.41) is 9.53. The molecule has 2 N–H and O–H groups in total. The van der Waals surface area contributed by atoms with Gasteiger partial charge in [0.15, 0.2) is 5.82 Å². The fraction of sp³-hybridized carbons (Fsp3) is 0.444. The average molecular weight is 371 g/mol. The molecule has 1 aromatic heterocycles. The Hall–Kier alpha value is -2.94. The van der Waals surface area contributed by atoms with Crippen LogP contribution in [0.3, 0.4) is 0 Å². The summed E-state index contributed by atoms with van der Waals surface area (Å²) >= 11 is 0. The summed E-state index contributed by atoms with van der Waals surface area (Å²) in [6.07, 6.45) is 1.93. The highest BCUT2D eigenvalue weighted by atomic mass is 16.5. The summed E-state index contributed by atoms with van der Waals surface area (Å²) < 4.78 is 10.7. The topological polar surface area (TPSA) is 109 Å². The van der Waals surface area contributed by atoms with Crippen LogP contribution in [-0.2, 0) is 14.3 Å². The predicted octanol–water partition coefficient (Wildman–Crippen LogP) is 1.66. The lowest BCUT2D eigenvalue weighted by molar-refractivity contribution is -0.122. The first-order chi connectivity index (χ1) is 13.1. The lowest BCUT2D eigenvalue weighted by Gasteiger charge is -2.16. The average Bonchev–Trinajstić information content (AvgIpc) is 3.42. The summed E-state index contributed by atoms with van der Waals surface area (Å²) in [4.78, 5) is 30.8. The molecule has 3 heterocycles. The third kappa shape index (κ3) is 3.63. The van der Waals surface area contributed by atoms with Gasteiger partial charge in [0, 0.05) is 25.3 Å². The molecule has 2 atom stereocenters. The zero-order chi connectivity index (χ0) is 18.8. The molecule has 0 spiro atoms. The molecule has 0 aliphatic carbocycles. The van der Waals surface area contributed by atoms with Crippen molar-refractivity contribution in [1.82, 2.24) is 15.2 Å². The standard InChI is InChI=1S/C18H21N5O4/c1-26-13-6-4-12(5-7-13)23-10-11(9-15(23)24)17(25)20-18-19-16(21-22-18)14-3-2-8-27-14/h4-7,11,14H,2-3,8-10H2,1H3,(H2,19,20,21,22,25)/t11-,14+/m0/s1. The van der Waals surface area contributed by atoms with E-state index < -0.39 is 5.92 Å². The number of nitrogens with one attached hydrogen (secondary N) is 2. The summed E-state index contributed by atoms with van der Waals surface area (Å²) in [6.45, 7) is 1.03. The predicted molar refractivity (Wildman–Crippen MR) is 96.4 cm³/mol. The van der Waals surface area contributed by atoms with Crippen LogP contribution < -0.4 is 15.0 Å². The van der Waals surface area contributed by atoms with Crippen LogP contribution in [0.2, 0.25) is 0 Å². The number of hydrogen-bond acceptors (Lipinski definition) is 6. The van der Waals surface area contributed by atoms with Crippen molar-refractivity contribution >= 4 is 23.5 Å². The van der Waals surface area contributed by atoms with Crippen LogP contribution in [0.15, 0.2) is 24.3 Å². The molecule has 27 heavy (non-hydrogen) atoms. The third-order valence-electron chi connectivity index (χ3n) is 4.85. The van der Waals surface area contributed by atoms with Crippen molar-refractivity contribution in [2.45, 2.75) is 25.4 Å². The van der Waals surface area contributed by atoms with Gasteiger partial charge in [-0.3, -0.25) is 20.0 Å². The van der Waals surface area contributed by atoms with Crippen molar-refractivity contribution in [3.05, 3.63) is 30.1 Å². The third-order valence-corrected chi connectivity index (χ3v) is 4.85. The van der Waals surface area contributed by atoms with Crippen molar-refractivity contribution in [2.75, 3.05) is 30.5 Å². The number of benzene rings is 1. The van der Waals surface area contributed by atoms with E-state index in [-0.39, 0.29) is 30.3 Å².